The van der Waals surface area contributed by atoms with Gasteiger partial charge in [0.05, 0.1) is 17.1 Å². The molecule has 0 fully saturated rings. The van der Waals surface area contributed by atoms with Crippen molar-refractivity contribution in [3.05, 3.63) is 54.0 Å². The largest absolute Gasteiger partial charge is 0.424 e. The highest BCUT2D eigenvalue weighted by Gasteiger charge is 2.11. The summed E-state index contributed by atoms with van der Waals surface area (Å²) in [5.41, 5.74) is 11.6. The van der Waals surface area contributed by atoms with Gasteiger partial charge in [-0.05, 0) is 43.7 Å². The maximum atomic E-state index is 5.63. The molecule has 0 aliphatic carbocycles. The number of aryl methyl sites for hydroxylation is 1. The van der Waals surface area contributed by atoms with Gasteiger partial charge >= 0.3 is 0 Å². The zero-order chi connectivity index (χ0) is 18.8. The van der Waals surface area contributed by atoms with Crippen molar-refractivity contribution < 1.29 is 4.42 Å². The highest BCUT2D eigenvalue weighted by atomic mass is 16.4. The molecule has 3 aromatic heterocycles. The van der Waals surface area contributed by atoms with Gasteiger partial charge in [0.2, 0.25) is 0 Å². The zero-order valence-electron chi connectivity index (χ0n) is 15.3. The summed E-state index contributed by atoms with van der Waals surface area (Å²) in [6, 6.07) is 9.82. The van der Waals surface area contributed by atoms with Crippen molar-refractivity contribution in [1.82, 2.24) is 19.6 Å². The number of oxazole rings is 1. The highest BCUT2D eigenvalue weighted by Crippen LogP contribution is 2.25. The lowest BCUT2D eigenvalue weighted by Crippen LogP contribution is -1.99. The number of aliphatic imine (C=N–C) groups is 1. The van der Waals surface area contributed by atoms with E-state index in [1.165, 1.54) is 0 Å². The molecule has 136 valence electrons. The van der Waals surface area contributed by atoms with Crippen LogP contribution in [0.15, 0.2) is 52.0 Å². The SMILES string of the molecule is CCC=NC=CCc1c(C)nc2ccc(-c3ccc4oc(N)nc4c3)nn12. The topological polar surface area (TPSA) is 94.6 Å². The molecule has 1 aromatic carbocycles. The molecule has 0 amide bonds. The summed E-state index contributed by atoms with van der Waals surface area (Å²) in [6.45, 7) is 4.05. The highest BCUT2D eigenvalue weighted by molar-refractivity contribution is 5.80. The van der Waals surface area contributed by atoms with Gasteiger partial charge in [-0.15, -0.1) is 0 Å². The minimum absolute atomic E-state index is 0.163. The third-order valence-corrected chi connectivity index (χ3v) is 4.26. The summed E-state index contributed by atoms with van der Waals surface area (Å²) in [7, 11) is 0. The minimum atomic E-state index is 0.163. The molecule has 27 heavy (non-hydrogen) atoms. The van der Waals surface area contributed by atoms with Gasteiger partial charge in [0.1, 0.15) is 5.52 Å². The van der Waals surface area contributed by atoms with Gasteiger partial charge in [-0.2, -0.15) is 10.1 Å². The van der Waals surface area contributed by atoms with Gasteiger partial charge < -0.3 is 10.2 Å². The van der Waals surface area contributed by atoms with E-state index in [1.807, 2.05) is 60.3 Å². The molecule has 3 heterocycles. The average molecular weight is 360 g/mol. The van der Waals surface area contributed by atoms with E-state index in [4.69, 9.17) is 15.2 Å². The van der Waals surface area contributed by atoms with Gasteiger partial charge in [0.15, 0.2) is 11.2 Å². The van der Waals surface area contributed by atoms with Crippen molar-refractivity contribution in [1.29, 1.82) is 0 Å². The minimum Gasteiger partial charge on any atom is -0.424 e. The van der Waals surface area contributed by atoms with Crippen LogP contribution in [-0.4, -0.2) is 25.8 Å². The van der Waals surface area contributed by atoms with Crippen LogP contribution >= 0.6 is 0 Å². The Kier molecular flexibility index (Phi) is 4.42. The Bertz CT molecular complexity index is 1170. The fourth-order valence-electron chi connectivity index (χ4n) is 2.97. The second kappa shape index (κ2) is 7.03. The Balaban J connectivity index is 1.72. The Hall–Kier alpha value is -3.48. The molecule has 0 saturated carbocycles. The summed E-state index contributed by atoms with van der Waals surface area (Å²) in [4.78, 5) is 13.0. The van der Waals surface area contributed by atoms with E-state index < -0.39 is 0 Å². The normalized spacial score (nSPS) is 12.2. The maximum absolute atomic E-state index is 5.63. The Morgan fingerprint density at radius 2 is 2.11 bits per heavy atom. The van der Waals surface area contributed by atoms with E-state index in [2.05, 4.69) is 21.9 Å². The molecule has 0 bridgehead atoms. The van der Waals surface area contributed by atoms with Gasteiger partial charge in [-0.3, -0.25) is 4.99 Å². The monoisotopic (exact) mass is 360 g/mol. The predicted octanol–water partition coefficient (Wildman–Crippen LogP) is 3.97. The Morgan fingerprint density at radius 3 is 2.96 bits per heavy atom. The van der Waals surface area contributed by atoms with Crippen LogP contribution in [0.1, 0.15) is 24.7 Å². The van der Waals surface area contributed by atoms with Crippen molar-refractivity contribution in [2.45, 2.75) is 26.7 Å². The number of aromatic nitrogens is 4. The number of imidazole rings is 1. The second-order valence-electron chi connectivity index (χ2n) is 6.20. The van der Waals surface area contributed by atoms with Crippen LogP contribution in [0.2, 0.25) is 0 Å². The molecular formula is C20H20N6O. The number of nitrogen functional groups attached to an aromatic ring is 1. The smallest absolute Gasteiger partial charge is 0.292 e. The number of fused-ring (bicyclic) bond motifs is 2. The molecule has 0 spiro atoms. The number of nitrogens with two attached hydrogens (primary N) is 1. The first-order chi connectivity index (χ1) is 13.2. The van der Waals surface area contributed by atoms with Crippen molar-refractivity contribution in [3.8, 4) is 11.3 Å². The fourth-order valence-corrected chi connectivity index (χ4v) is 2.97. The summed E-state index contributed by atoms with van der Waals surface area (Å²) in [6.07, 6.45) is 7.34. The van der Waals surface area contributed by atoms with Gasteiger partial charge in [0, 0.05) is 24.4 Å². The van der Waals surface area contributed by atoms with Crippen LogP contribution in [0.4, 0.5) is 6.01 Å². The van der Waals surface area contributed by atoms with Gasteiger partial charge in [-0.25, -0.2) is 9.50 Å². The van der Waals surface area contributed by atoms with E-state index in [0.717, 1.165) is 34.7 Å². The van der Waals surface area contributed by atoms with Crippen molar-refractivity contribution in [2.24, 2.45) is 4.99 Å². The molecule has 0 aliphatic heterocycles. The number of benzene rings is 1. The van der Waals surface area contributed by atoms with E-state index in [9.17, 15) is 0 Å². The van der Waals surface area contributed by atoms with Crippen molar-refractivity contribution in [2.75, 3.05) is 5.73 Å². The standard InChI is InChI=1S/C20H20N6O/c1-3-10-22-11-4-5-17-13(2)23-19-9-7-15(25-26(17)19)14-6-8-18-16(12-14)24-20(21)27-18/h4,6-12H,3,5H2,1-2H3,(H2,21,24). The number of hydrogen-bond donors (Lipinski definition) is 1. The van der Waals surface area contributed by atoms with E-state index in [1.54, 1.807) is 0 Å². The fraction of sp³-hybridized carbons (Fsp3) is 0.200. The van der Waals surface area contributed by atoms with Crippen LogP contribution in [0, 0.1) is 6.92 Å². The number of rotatable bonds is 5. The second-order valence-corrected chi connectivity index (χ2v) is 6.20. The van der Waals surface area contributed by atoms with Gasteiger partial charge in [-0.1, -0.05) is 13.0 Å². The van der Waals surface area contributed by atoms with E-state index in [0.29, 0.717) is 17.5 Å². The lowest BCUT2D eigenvalue weighted by atomic mass is 10.1. The Labute approximate surface area is 156 Å². The van der Waals surface area contributed by atoms with Crippen LogP contribution in [0.25, 0.3) is 28.0 Å². The maximum Gasteiger partial charge on any atom is 0.292 e. The van der Waals surface area contributed by atoms with E-state index >= 15 is 0 Å². The van der Waals surface area contributed by atoms with Crippen molar-refractivity contribution >= 4 is 29.0 Å². The molecule has 4 rings (SSSR count). The lowest BCUT2D eigenvalue weighted by molar-refractivity contribution is 0.626. The van der Waals surface area contributed by atoms with Gasteiger partial charge in [0.25, 0.3) is 6.01 Å². The molecule has 7 heteroatoms. The molecule has 0 radical (unpaired) electrons. The predicted molar refractivity (Wildman–Crippen MR) is 107 cm³/mol. The zero-order valence-corrected chi connectivity index (χ0v) is 15.3. The number of hydrogen-bond acceptors (Lipinski definition) is 6. The summed E-state index contributed by atoms with van der Waals surface area (Å²) < 4.78 is 7.22. The third-order valence-electron chi connectivity index (χ3n) is 4.26. The first kappa shape index (κ1) is 17.0. The van der Waals surface area contributed by atoms with Crippen LogP contribution in [0.3, 0.4) is 0 Å². The lowest BCUT2D eigenvalue weighted by Gasteiger charge is -2.04. The summed E-state index contributed by atoms with van der Waals surface area (Å²) >= 11 is 0. The molecule has 4 aromatic rings. The number of nitrogens with zero attached hydrogens (tertiary/aromatic N) is 5. The third kappa shape index (κ3) is 3.31. The molecule has 0 atom stereocenters. The number of allylic oxidation sites excluding steroid dienone is 1. The molecule has 2 N–H and O–H groups in total. The van der Waals surface area contributed by atoms with Crippen LogP contribution in [-0.2, 0) is 6.42 Å². The molecule has 0 unspecified atom stereocenters. The summed E-state index contributed by atoms with van der Waals surface area (Å²) in [5, 5.41) is 4.79. The Morgan fingerprint density at radius 1 is 1.22 bits per heavy atom. The van der Waals surface area contributed by atoms with Crippen LogP contribution < -0.4 is 5.73 Å². The first-order valence-corrected chi connectivity index (χ1v) is 8.84. The van der Waals surface area contributed by atoms with Crippen molar-refractivity contribution in [3.63, 3.8) is 0 Å². The number of anilines is 1. The average Bonchev–Trinajstić information content (AvgIpc) is 3.18. The van der Waals surface area contributed by atoms with Crippen LogP contribution in [0.5, 0.6) is 0 Å². The quantitative estimate of drug-likeness (QED) is 0.544. The molecule has 0 aliphatic rings. The van der Waals surface area contributed by atoms with E-state index in [-0.39, 0.29) is 6.01 Å². The molecular weight excluding hydrogens is 340 g/mol. The first-order valence-electron chi connectivity index (χ1n) is 8.84. The summed E-state index contributed by atoms with van der Waals surface area (Å²) in [5.74, 6) is 0. The molecule has 0 saturated heterocycles. The molecule has 7 nitrogen and oxygen atoms in total.